The van der Waals surface area contributed by atoms with Gasteiger partial charge in [-0.3, -0.25) is 4.79 Å². The minimum atomic E-state index is -0.491. The van der Waals surface area contributed by atoms with Gasteiger partial charge >= 0.3 is 0 Å². The SMILES string of the molecule is CC(O)C1CCN(C(=O)[C@@H](N)Cc2ccccc2)C1. The molecule has 104 valence electrons. The van der Waals surface area contributed by atoms with Crippen LogP contribution in [0.15, 0.2) is 30.3 Å². The van der Waals surface area contributed by atoms with E-state index >= 15 is 0 Å². The average Bonchev–Trinajstić information content (AvgIpc) is 2.88. The molecule has 1 saturated heterocycles. The molecule has 1 aromatic rings. The van der Waals surface area contributed by atoms with Crippen molar-refractivity contribution in [1.29, 1.82) is 0 Å². The Hall–Kier alpha value is -1.39. The smallest absolute Gasteiger partial charge is 0.239 e. The lowest BCUT2D eigenvalue weighted by Gasteiger charge is -2.21. The van der Waals surface area contributed by atoms with E-state index in [1.165, 1.54) is 0 Å². The zero-order valence-corrected chi connectivity index (χ0v) is 11.3. The van der Waals surface area contributed by atoms with Crippen LogP contribution in [-0.4, -0.2) is 41.1 Å². The standard InChI is InChI=1S/C15H22N2O2/c1-11(18)13-7-8-17(10-13)15(19)14(16)9-12-5-3-2-4-6-12/h2-6,11,13-14,18H,7-10,16H2,1H3/t11?,13?,14-/m0/s1. The van der Waals surface area contributed by atoms with E-state index in [2.05, 4.69) is 0 Å². The summed E-state index contributed by atoms with van der Waals surface area (Å²) < 4.78 is 0. The third-order valence-corrected chi connectivity index (χ3v) is 3.83. The van der Waals surface area contributed by atoms with Crippen LogP contribution in [0.3, 0.4) is 0 Å². The third-order valence-electron chi connectivity index (χ3n) is 3.83. The second-order valence-corrected chi connectivity index (χ2v) is 5.37. The van der Waals surface area contributed by atoms with Gasteiger partial charge in [0, 0.05) is 19.0 Å². The van der Waals surface area contributed by atoms with Crippen molar-refractivity contribution in [3.8, 4) is 0 Å². The highest BCUT2D eigenvalue weighted by atomic mass is 16.3. The Morgan fingerprint density at radius 2 is 2.16 bits per heavy atom. The normalized spacial score (nSPS) is 22.3. The quantitative estimate of drug-likeness (QED) is 0.843. The van der Waals surface area contributed by atoms with Gasteiger partial charge in [0.1, 0.15) is 0 Å². The Bertz CT molecular complexity index is 419. The Kier molecular flexibility index (Phi) is 4.56. The van der Waals surface area contributed by atoms with Gasteiger partial charge in [0.2, 0.25) is 5.91 Å². The van der Waals surface area contributed by atoms with Crippen molar-refractivity contribution in [3.05, 3.63) is 35.9 Å². The first-order chi connectivity index (χ1) is 9.08. The predicted molar refractivity (Wildman–Crippen MR) is 74.5 cm³/mol. The molecule has 0 saturated carbocycles. The minimum Gasteiger partial charge on any atom is -0.393 e. The van der Waals surface area contributed by atoms with E-state index in [9.17, 15) is 9.90 Å². The lowest BCUT2D eigenvalue weighted by Crippen LogP contribution is -2.44. The van der Waals surface area contributed by atoms with Crippen molar-refractivity contribution in [2.45, 2.75) is 31.9 Å². The van der Waals surface area contributed by atoms with Gasteiger partial charge in [0.05, 0.1) is 12.1 Å². The molecule has 1 amide bonds. The number of carbonyl (C=O) groups is 1. The molecule has 1 aliphatic rings. The molecule has 19 heavy (non-hydrogen) atoms. The number of nitrogens with two attached hydrogens (primary N) is 1. The molecule has 0 bridgehead atoms. The number of likely N-dealkylation sites (tertiary alicyclic amines) is 1. The third kappa shape index (κ3) is 3.55. The van der Waals surface area contributed by atoms with E-state index in [1.54, 1.807) is 11.8 Å². The van der Waals surface area contributed by atoms with Crippen molar-refractivity contribution in [2.75, 3.05) is 13.1 Å². The maximum Gasteiger partial charge on any atom is 0.239 e. The zero-order chi connectivity index (χ0) is 13.8. The summed E-state index contributed by atoms with van der Waals surface area (Å²) in [5.74, 6) is 0.180. The zero-order valence-electron chi connectivity index (χ0n) is 11.3. The molecular weight excluding hydrogens is 240 g/mol. The second kappa shape index (κ2) is 6.17. The first-order valence-electron chi connectivity index (χ1n) is 6.84. The van der Waals surface area contributed by atoms with Gasteiger partial charge in [-0.1, -0.05) is 30.3 Å². The number of benzene rings is 1. The summed E-state index contributed by atoms with van der Waals surface area (Å²) >= 11 is 0. The number of hydrogen-bond acceptors (Lipinski definition) is 3. The molecule has 3 atom stereocenters. The van der Waals surface area contributed by atoms with Crippen LogP contribution in [0.2, 0.25) is 0 Å². The first-order valence-corrected chi connectivity index (χ1v) is 6.84. The molecule has 0 aliphatic carbocycles. The maximum absolute atomic E-state index is 12.2. The van der Waals surface area contributed by atoms with Gasteiger partial charge in [-0.25, -0.2) is 0 Å². The van der Waals surface area contributed by atoms with Gasteiger partial charge in [0.25, 0.3) is 0 Å². The molecule has 2 unspecified atom stereocenters. The molecule has 0 radical (unpaired) electrons. The number of carbonyl (C=O) groups excluding carboxylic acids is 1. The molecule has 2 rings (SSSR count). The molecule has 1 heterocycles. The number of nitrogens with zero attached hydrogens (tertiary/aromatic N) is 1. The van der Waals surface area contributed by atoms with Gasteiger partial charge < -0.3 is 15.7 Å². The summed E-state index contributed by atoms with van der Waals surface area (Å²) in [4.78, 5) is 14.0. The Morgan fingerprint density at radius 1 is 1.47 bits per heavy atom. The highest BCUT2D eigenvalue weighted by Crippen LogP contribution is 2.20. The molecule has 1 aliphatic heterocycles. The Labute approximate surface area is 114 Å². The molecule has 3 N–H and O–H groups in total. The molecule has 0 spiro atoms. The van der Waals surface area contributed by atoms with E-state index in [1.807, 2.05) is 30.3 Å². The summed E-state index contributed by atoms with van der Waals surface area (Å²) in [6.45, 7) is 3.11. The largest absolute Gasteiger partial charge is 0.393 e. The van der Waals surface area contributed by atoms with Crippen LogP contribution in [0.25, 0.3) is 0 Å². The number of aliphatic hydroxyl groups is 1. The van der Waals surface area contributed by atoms with Crippen molar-refractivity contribution in [3.63, 3.8) is 0 Å². The highest BCUT2D eigenvalue weighted by Gasteiger charge is 2.31. The Balaban J connectivity index is 1.90. The van der Waals surface area contributed by atoms with E-state index in [4.69, 9.17) is 5.73 Å². The summed E-state index contributed by atoms with van der Waals surface area (Å²) in [6.07, 6.45) is 1.07. The molecule has 4 heteroatoms. The van der Waals surface area contributed by atoms with E-state index in [0.717, 1.165) is 12.0 Å². The van der Waals surface area contributed by atoms with E-state index in [0.29, 0.717) is 19.5 Å². The van der Waals surface area contributed by atoms with Crippen molar-refractivity contribution < 1.29 is 9.90 Å². The maximum atomic E-state index is 12.2. The van der Waals surface area contributed by atoms with Crippen LogP contribution in [0.4, 0.5) is 0 Å². The number of hydrogen-bond donors (Lipinski definition) is 2. The number of rotatable bonds is 4. The molecule has 1 aromatic carbocycles. The van der Waals surface area contributed by atoms with Gasteiger partial charge in [-0.2, -0.15) is 0 Å². The van der Waals surface area contributed by atoms with Crippen molar-refractivity contribution >= 4 is 5.91 Å². The molecule has 0 aromatic heterocycles. The van der Waals surface area contributed by atoms with Crippen LogP contribution < -0.4 is 5.73 Å². The first kappa shape index (κ1) is 14.0. The average molecular weight is 262 g/mol. The fourth-order valence-electron chi connectivity index (χ4n) is 2.57. The molecule has 1 fully saturated rings. The summed E-state index contributed by atoms with van der Waals surface area (Å²) in [5.41, 5.74) is 7.08. The minimum absolute atomic E-state index is 0.00740. The predicted octanol–water partition coefficient (Wildman–Crippen LogP) is 0.786. The second-order valence-electron chi connectivity index (χ2n) is 5.37. The topological polar surface area (TPSA) is 66.6 Å². The monoisotopic (exact) mass is 262 g/mol. The van der Waals surface area contributed by atoms with Gasteiger partial charge in [0.15, 0.2) is 0 Å². The summed E-state index contributed by atoms with van der Waals surface area (Å²) in [7, 11) is 0. The van der Waals surface area contributed by atoms with Crippen LogP contribution >= 0.6 is 0 Å². The fraction of sp³-hybridized carbons (Fsp3) is 0.533. The van der Waals surface area contributed by atoms with Gasteiger partial charge in [-0.05, 0) is 25.3 Å². The number of aliphatic hydroxyl groups excluding tert-OH is 1. The fourth-order valence-corrected chi connectivity index (χ4v) is 2.57. The van der Waals surface area contributed by atoms with Crippen molar-refractivity contribution in [2.24, 2.45) is 11.7 Å². The molecular formula is C15H22N2O2. The van der Waals surface area contributed by atoms with Crippen LogP contribution in [0.1, 0.15) is 18.9 Å². The van der Waals surface area contributed by atoms with Crippen LogP contribution in [0.5, 0.6) is 0 Å². The number of amides is 1. The van der Waals surface area contributed by atoms with E-state index < -0.39 is 6.04 Å². The molecule has 4 nitrogen and oxygen atoms in total. The van der Waals surface area contributed by atoms with Crippen LogP contribution in [-0.2, 0) is 11.2 Å². The van der Waals surface area contributed by atoms with Crippen LogP contribution in [0, 0.1) is 5.92 Å². The Morgan fingerprint density at radius 3 is 2.74 bits per heavy atom. The lowest BCUT2D eigenvalue weighted by atomic mass is 10.0. The van der Waals surface area contributed by atoms with Crippen molar-refractivity contribution in [1.82, 2.24) is 4.90 Å². The summed E-state index contributed by atoms with van der Waals surface area (Å²) in [6, 6.07) is 9.32. The highest BCUT2D eigenvalue weighted by molar-refractivity contribution is 5.82. The summed E-state index contributed by atoms with van der Waals surface area (Å²) in [5, 5.41) is 9.56. The van der Waals surface area contributed by atoms with Gasteiger partial charge in [-0.15, -0.1) is 0 Å². The lowest BCUT2D eigenvalue weighted by molar-refractivity contribution is -0.131. The van der Waals surface area contributed by atoms with E-state index in [-0.39, 0.29) is 17.9 Å².